The number of carbonyl (C=O) groups is 2. The normalized spacial score (nSPS) is 56.7. The molecule has 0 aromatic rings. The zero-order valence-electron chi connectivity index (χ0n) is 21.1. The molecule has 8 nitrogen and oxygen atoms in total. The molecule has 8 heteroatoms. The second kappa shape index (κ2) is 7.64. The van der Waals surface area contributed by atoms with Crippen LogP contribution in [-0.4, -0.2) is 64.1 Å². The van der Waals surface area contributed by atoms with Crippen molar-refractivity contribution in [3.8, 4) is 0 Å². The second-order valence-corrected chi connectivity index (χ2v) is 12.4. The fourth-order valence-electron chi connectivity index (χ4n) is 9.16. The summed E-state index contributed by atoms with van der Waals surface area (Å²) < 4.78 is 17.9. The third-order valence-corrected chi connectivity index (χ3v) is 10.8. The lowest BCUT2D eigenvalue weighted by Gasteiger charge is -2.69. The summed E-state index contributed by atoms with van der Waals surface area (Å²) >= 11 is 0. The van der Waals surface area contributed by atoms with Crippen LogP contribution in [0.5, 0.6) is 0 Å². The number of aliphatic hydroxyl groups excluding tert-OH is 2. The van der Waals surface area contributed by atoms with Gasteiger partial charge >= 0.3 is 11.9 Å². The number of hydrogen-bond donors (Lipinski definition) is 3. The fourth-order valence-corrected chi connectivity index (χ4v) is 9.16. The van der Waals surface area contributed by atoms with Crippen LogP contribution in [-0.2, 0) is 23.8 Å². The maximum absolute atomic E-state index is 13.3. The molecule has 34 heavy (non-hydrogen) atoms. The van der Waals surface area contributed by atoms with Gasteiger partial charge in [0.15, 0.2) is 5.79 Å². The quantitative estimate of drug-likeness (QED) is 0.524. The van der Waals surface area contributed by atoms with Gasteiger partial charge in [0, 0.05) is 22.7 Å². The van der Waals surface area contributed by atoms with E-state index in [0.29, 0.717) is 12.8 Å². The lowest BCUT2D eigenvalue weighted by atomic mass is 9.36. The van der Waals surface area contributed by atoms with Crippen molar-refractivity contribution in [2.75, 3.05) is 6.61 Å². The molecular formula is C26H40O8. The van der Waals surface area contributed by atoms with Crippen LogP contribution in [0, 0.1) is 52.3 Å². The average molecular weight is 481 g/mol. The number of ether oxygens (including phenoxy) is 3. The minimum Gasteiger partial charge on any atom is -0.459 e. The lowest BCUT2D eigenvalue weighted by molar-refractivity contribution is -0.353. The second-order valence-electron chi connectivity index (χ2n) is 12.4. The molecule has 3 N–H and O–H groups in total. The van der Waals surface area contributed by atoms with E-state index in [9.17, 15) is 24.9 Å². The van der Waals surface area contributed by atoms with E-state index >= 15 is 0 Å². The molecule has 3 saturated carbocycles. The topological polar surface area (TPSA) is 123 Å². The first kappa shape index (κ1) is 24.5. The van der Waals surface area contributed by atoms with E-state index < -0.39 is 70.7 Å². The summed E-state index contributed by atoms with van der Waals surface area (Å²) in [6.45, 7) is 11.7. The first-order chi connectivity index (χ1) is 15.8. The summed E-state index contributed by atoms with van der Waals surface area (Å²) in [5, 5.41) is 35.0. The third kappa shape index (κ3) is 2.74. The number of fused-ring (bicyclic) bond motifs is 1. The number of aliphatic hydroxyl groups is 3. The Labute approximate surface area is 201 Å². The highest BCUT2D eigenvalue weighted by Crippen LogP contribution is 2.74. The molecule has 192 valence electrons. The summed E-state index contributed by atoms with van der Waals surface area (Å²) in [5.41, 5.74) is -1.64. The zero-order valence-corrected chi connectivity index (χ0v) is 21.1. The molecule has 14 atom stereocenters. The predicted molar refractivity (Wildman–Crippen MR) is 120 cm³/mol. The molecular weight excluding hydrogens is 440 g/mol. The van der Waals surface area contributed by atoms with Crippen LogP contribution in [0.4, 0.5) is 0 Å². The van der Waals surface area contributed by atoms with Crippen LogP contribution in [0.3, 0.4) is 0 Å². The zero-order chi connectivity index (χ0) is 25.0. The molecule has 2 heterocycles. The summed E-state index contributed by atoms with van der Waals surface area (Å²) in [6, 6.07) is 0. The molecule has 2 unspecified atom stereocenters. The van der Waals surface area contributed by atoms with Crippen molar-refractivity contribution in [1.29, 1.82) is 0 Å². The van der Waals surface area contributed by atoms with Crippen molar-refractivity contribution >= 4 is 11.9 Å². The van der Waals surface area contributed by atoms with Gasteiger partial charge in [0.05, 0.1) is 18.6 Å². The molecule has 3 aliphatic carbocycles. The SMILES string of the molecule is CCC(C)C(=O)O[C@H]1C(=O)O[C@@H]2C[C@H]3C(C)C[C@H](C)[C@@H](O)[C@]3(C)[C@H]3[C@]4(O)OC[C@]32[C@@H]1[C@@H](C)[C@H]4O. The lowest BCUT2D eigenvalue weighted by Crippen LogP contribution is -2.78. The Morgan fingerprint density at radius 2 is 1.85 bits per heavy atom. The van der Waals surface area contributed by atoms with Crippen molar-refractivity contribution < 1.29 is 39.1 Å². The van der Waals surface area contributed by atoms with Gasteiger partial charge in [-0.2, -0.15) is 0 Å². The highest BCUT2D eigenvalue weighted by atomic mass is 16.7. The van der Waals surface area contributed by atoms with E-state index in [1.807, 2.05) is 20.8 Å². The highest BCUT2D eigenvalue weighted by molar-refractivity contribution is 5.81. The Bertz CT molecular complexity index is 877. The molecule has 2 saturated heterocycles. The molecule has 1 spiro atoms. The first-order valence-electron chi connectivity index (χ1n) is 13.0. The number of rotatable bonds is 3. The van der Waals surface area contributed by atoms with Crippen molar-refractivity contribution in [3.63, 3.8) is 0 Å². The van der Waals surface area contributed by atoms with Crippen molar-refractivity contribution in [2.45, 2.75) is 91.0 Å². The van der Waals surface area contributed by atoms with E-state index in [2.05, 4.69) is 6.92 Å². The molecule has 0 aromatic carbocycles. The maximum atomic E-state index is 13.3. The van der Waals surface area contributed by atoms with Crippen molar-refractivity contribution in [2.24, 2.45) is 52.3 Å². The molecule has 0 amide bonds. The highest BCUT2D eigenvalue weighted by Gasteiger charge is 2.83. The largest absolute Gasteiger partial charge is 0.459 e. The van der Waals surface area contributed by atoms with E-state index in [4.69, 9.17) is 14.2 Å². The Hall–Kier alpha value is -1.22. The Morgan fingerprint density at radius 3 is 2.50 bits per heavy atom. The maximum Gasteiger partial charge on any atom is 0.348 e. The molecule has 5 fully saturated rings. The van der Waals surface area contributed by atoms with Gasteiger partial charge in [-0.3, -0.25) is 4.79 Å². The number of esters is 2. The van der Waals surface area contributed by atoms with Crippen LogP contribution in [0.2, 0.25) is 0 Å². The van der Waals surface area contributed by atoms with E-state index in [0.717, 1.165) is 6.42 Å². The Morgan fingerprint density at radius 1 is 1.18 bits per heavy atom. The Balaban J connectivity index is 1.67. The number of carbonyl (C=O) groups excluding carboxylic acids is 2. The van der Waals surface area contributed by atoms with Gasteiger partial charge in [0.1, 0.15) is 12.2 Å². The van der Waals surface area contributed by atoms with Crippen LogP contribution >= 0.6 is 0 Å². The van der Waals surface area contributed by atoms with Gasteiger partial charge in [-0.15, -0.1) is 0 Å². The van der Waals surface area contributed by atoms with Crippen LogP contribution in [0.25, 0.3) is 0 Å². The van der Waals surface area contributed by atoms with E-state index in [1.165, 1.54) is 0 Å². The minimum absolute atomic E-state index is 0.00677. The standard InChI is InChI=1S/C26H40O8/c1-7-11(2)21(29)34-18-17-14(5)20(28)26(31)23-24(6)15(12(3)8-13(4)19(24)27)9-16(33-22(18)30)25(17,23)10-32-26/h11-20,23,27-28,31H,7-10H2,1-6H3/t11?,12?,13-,14+,15-,16+,17+,18+,19+,20+,23+,24+,25-,26+/m0/s1. The molecule has 5 aliphatic rings. The van der Waals surface area contributed by atoms with Crippen LogP contribution in [0.1, 0.15) is 60.8 Å². The van der Waals surface area contributed by atoms with E-state index in [-0.39, 0.29) is 30.3 Å². The molecule has 2 aliphatic heterocycles. The van der Waals surface area contributed by atoms with Crippen LogP contribution < -0.4 is 0 Å². The van der Waals surface area contributed by atoms with Gasteiger partial charge in [0.2, 0.25) is 6.10 Å². The summed E-state index contributed by atoms with van der Waals surface area (Å²) in [4.78, 5) is 26.1. The van der Waals surface area contributed by atoms with Gasteiger partial charge < -0.3 is 29.5 Å². The van der Waals surface area contributed by atoms with Gasteiger partial charge in [-0.05, 0) is 42.9 Å². The summed E-state index contributed by atoms with van der Waals surface area (Å²) in [5.74, 6) is -4.95. The molecule has 0 aromatic heterocycles. The third-order valence-electron chi connectivity index (χ3n) is 10.8. The molecule has 2 bridgehead atoms. The monoisotopic (exact) mass is 480 g/mol. The average Bonchev–Trinajstić information content (AvgIpc) is 3.08. The first-order valence-corrected chi connectivity index (χ1v) is 13.0. The predicted octanol–water partition coefficient (Wildman–Crippen LogP) is 1.88. The van der Waals surface area contributed by atoms with Crippen molar-refractivity contribution in [3.05, 3.63) is 0 Å². The van der Waals surface area contributed by atoms with Gasteiger partial charge in [0.25, 0.3) is 0 Å². The van der Waals surface area contributed by atoms with Crippen LogP contribution in [0.15, 0.2) is 0 Å². The van der Waals surface area contributed by atoms with E-state index in [1.54, 1.807) is 13.8 Å². The smallest absolute Gasteiger partial charge is 0.348 e. The summed E-state index contributed by atoms with van der Waals surface area (Å²) in [6.07, 6.45) is -1.79. The fraction of sp³-hybridized carbons (Fsp3) is 0.923. The molecule has 0 radical (unpaired) electrons. The van der Waals surface area contributed by atoms with Crippen molar-refractivity contribution in [1.82, 2.24) is 0 Å². The Kier molecular flexibility index (Phi) is 5.50. The summed E-state index contributed by atoms with van der Waals surface area (Å²) in [7, 11) is 0. The van der Waals surface area contributed by atoms with Gasteiger partial charge in [-0.1, -0.05) is 41.5 Å². The molecule has 5 rings (SSSR count). The van der Waals surface area contributed by atoms with Gasteiger partial charge in [-0.25, -0.2) is 4.79 Å². The minimum atomic E-state index is -1.88. The number of hydrogen-bond acceptors (Lipinski definition) is 8.